The second kappa shape index (κ2) is 11.0. The summed E-state index contributed by atoms with van der Waals surface area (Å²) in [5.41, 5.74) is 0.512. The highest BCUT2D eigenvalue weighted by Crippen LogP contribution is 2.38. The normalized spacial score (nSPS) is 17.3. The Morgan fingerprint density at radius 1 is 1.00 bits per heavy atom. The first kappa shape index (κ1) is 26.6. The highest BCUT2D eigenvalue weighted by molar-refractivity contribution is 8.18. The van der Waals surface area contributed by atoms with E-state index in [0.29, 0.717) is 30.7 Å². The van der Waals surface area contributed by atoms with Crippen LogP contribution in [0.5, 0.6) is 0 Å². The van der Waals surface area contributed by atoms with Crippen molar-refractivity contribution in [1.29, 1.82) is 0 Å². The number of alkyl halides is 3. The zero-order valence-electron chi connectivity index (χ0n) is 20.4. The van der Waals surface area contributed by atoms with Crippen molar-refractivity contribution in [2.75, 3.05) is 43.1 Å². The van der Waals surface area contributed by atoms with Crippen molar-refractivity contribution in [1.82, 2.24) is 4.90 Å². The van der Waals surface area contributed by atoms with Crippen molar-refractivity contribution in [3.8, 4) is 11.3 Å². The molecule has 8 nitrogen and oxygen atoms in total. The van der Waals surface area contributed by atoms with Crippen LogP contribution < -0.4 is 10.2 Å². The number of furan rings is 1. The zero-order chi connectivity index (χ0) is 27.6. The van der Waals surface area contributed by atoms with Crippen LogP contribution in [-0.2, 0) is 20.5 Å². The minimum atomic E-state index is -4.57. The number of rotatable bonds is 6. The molecule has 0 atom stereocenters. The zero-order valence-corrected chi connectivity index (χ0v) is 21.2. The Hall–Kier alpha value is -4.03. The van der Waals surface area contributed by atoms with Crippen LogP contribution in [0.2, 0.25) is 0 Å². The number of halogens is 3. The molecule has 3 aromatic rings. The number of thioether (sulfide) groups is 1. The van der Waals surface area contributed by atoms with Gasteiger partial charge in [0.05, 0.1) is 23.7 Å². The van der Waals surface area contributed by atoms with Crippen molar-refractivity contribution in [3.63, 3.8) is 0 Å². The van der Waals surface area contributed by atoms with Gasteiger partial charge in [0.2, 0.25) is 5.91 Å². The van der Waals surface area contributed by atoms with Gasteiger partial charge < -0.3 is 19.4 Å². The summed E-state index contributed by atoms with van der Waals surface area (Å²) in [4.78, 5) is 40.8. The van der Waals surface area contributed by atoms with E-state index < -0.39 is 35.3 Å². The van der Waals surface area contributed by atoms with Gasteiger partial charge in [-0.3, -0.25) is 19.3 Å². The first-order chi connectivity index (χ1) is 18.7. The molecule has 1 aromatic heterocycles. The fourth-order valence-corrected chi connectivity index (χ4v) is 5.03. The van der Waals surface area contributed by atoms with Gasteiger partial charge in [-0.05, 0) is 54.2 Å². The lowest BCUT2D eigenvalue weighted by molar-refractivity contribution is -0.137. The molecule has 2 aliphatic rings. The van der Waals surface area contributed by atoms with Crippen molar-refractivity contribution in [2.45, 2.75) is 6.18 Å². The van der Waals surface area contributed by atoms with Gasteiger partial charge in [0.25, 0.3) is 11.1 Å². The number of nitrogens with one attached hydrogen (secondary N) is 1. The van der Waals surface area contributed by atoms with E-state index in [1.165, 1.54) is 36.4 Å². The predicted molar refractivity (Wildman–Crippen MR) is 140 cm³/mol. The number of hydrogen-bond acceptors (Lipinski definition) is 7. The molecule has 5 rings (SSSR count). The third-order valence-corrected chi connectivity index (χ3v) is 7.01. The molecule has 0 unspecified atom stereocenters. The van der Waals surface area contributed by atoms with Crippen molar-refractivity contribution in [3.05, 3.63) is 76.9 Å². The van der Waals surface area contributed by atoms with E-state index in [4.69, 9.17) is 9.15 Å². The van der Waals surface area contributed by atoms with Crippen LogP contribution >= 0.6 is 11.8 Å². The Bertz CT molecular complexity index is 1430. The fourth-order valence-electron chi connectivity index (χ4n) is 4.21. The molecule has 39 heavy (non-hydrogen) atoms. The van der Waals surface area contributed by atoms with Gasteiger partial charge in [-0.1, -0.05) is 18.2 Å². The Balaban J connectivity index is 1.23. The maximum absolute atomic E-state index is 13.4. The van der Waals surface area contributed by atoms with E-state index in [-0.39, 0.29) is 22.0 Å². The van der Waals surface area contributed by atoms with E-state index in [1.54, 1.807) is 12.1 Å². The van der Waals surface area contributed by atoms with E-state index >= 15 is 0 Å². The maximum atomic E-state index is 13.4. The number of anilines is 2. The highest BCUT2D eigenvalue weighted by atomic mass is 32.2. The van der Waals surface area contributed by atoms with Gasteiger partial charge in [0.15, 0.2) is 0 Å². The number of imide groups is 1. The van der Waals surface area contributed by atoms with Gasteiger partial charge in [0.1, 0.15) is 18.1 Å². The number of carbonyl (C=O) groups is 3. The average molecular weight is 558 g/mol. The largest absolute Gasteiger partial charge is 0.457 e. The summed E-state index contributed by atoms with van der Waals surface area (Å²) in [6.45, 7) is 2.36. The molecule has 0 bridgehead atoms. The standard InChI is InChI=1S/C27H22F3N3O5S/c28-27(29,30)21-4-2-1-3-20(21)22-10-9-19(38-22)15-23-25(35)33(26(36)39-23)16-24(34)31-17-5-7-18(8-6-17)32-11-13-37-14-12-32/h1-10,15H,11-14,16H2,(H,31,34)/b23-15+. The molecule has 3 heterocycles. The number of morpholine rings is 1. The first-order valence-electron chi connectivity index (χ1n) is 11.9. The number of carbonyl (C=O) groups excluding carboxylic acids is 3. The summed E-state index contributed by atoms with van der Waals surface area (Å²) in [7, 11) is 0. The van der Waals surface area contributed by atoms with E-state index in [0.717, 1.165) is 29.7 Å². The van der Waals surface area contributed by atoms with Gasteiger partial charge >= 0.3 is 6.18 Å². The minimum Gasteiger partial charge on any atom is -0.457 e. The van der Waals surface area contributed by atoms with Gasteiger partial charge in [-0.15, -0.1) is 0 Å². The minimum absolute atomic E-state index is 0.00679. The molecule has 12 heteroatoms. The number of benzene rings is 2. The molecular weight excluding hydrogens is 535 g/mol. The smallest absolute Gasteiger partial charge is 0.417 e. The lowest BCUT2D eigenvalue weighted by Crippen LogP contribution is -2.36. The maximum Gasteiger partial charge on any atom is 0.417 e. The molecule has 2 aliphatic heterocycles. The first-order valence-corrected chi connectivity index (χ1v) is 12.7. The molecule has 3 amide bonds. The Morgan fingerprint density at radius 2 is 1.72 bits per heavy atom. The SMILES string of the molecule is O=C(CN1C(=O)S/C(=C/c2ccc(-c3ccccc3C(F)(F)F)o2)C1=O)Nc1ccc(N2CCOCC2)cc1. The lowest BCUT2D eigenvalue weighted by atomic mass is 10.1. The molecular formula is C27H22F3N3O5S. The van der Waals surface area contributed by atoms with Crippen LogP contribution in [0, 0.1) is 0 Å². The molecule has 202 valence electrons. The molecule has 0 aliphatic carbocycles. The van der Waals surface area contributed by atoms with E-state index in [1.807, 2.05) is 12.1 Å². The lowest BCUT2D eigenvalue weighted by Gasteiger charge is -2.28. The molecule has 0 spiro atoms. The second-order valence-electron chi connectivity index (χ2n) is 8.71. The molecule has 2 saturated heterocycles. The Labute approximate surface area is 225 Å². The number of nitrogens with zero attached hydrogens (tertiary/aromatic N) is 2. The van der Waals surface area contributed by atoms with E-state index in [9.17, 15) is 27.6 Å². The van der Waals surface area contributed by atoms with Crippen LogP contribution in [0.3, 0.4) is 0 Å². The van der Waals surface area contributed by atoms with Crippen molar-refractivity contribution >= 4 is 46.3 Å². The second-order valence-corrected chi connectivity index (χ2v) is 9.70. The summed E-state index contributed by atoms with van der Waals surface area (Å²) in [5.74, 6) is -1.19. The molecule has 1 N–H and O–H groups in total. The van der Waals surface area contributed by atoms with Crippen LogP contribution in [0.15, 0.2) is 70.0 Å². The number of amides is 3. The van der Waals surface area contributed by atoms with Gasteiger partial charge in [-0.2, -0.15) is 13.2 Å². The Kier molecular flexibility index (Phi) is 7.49. The average Bonchev–Trinajstić information content (AvgIpc) is 3.49. The summed E-state index contributed by atoms with van der Waals surface area (Å²) >= 11 is 0.618. The molecule has 2 aromatic carbocycles. The molecule has 2 fully saturated rings. The fraction of sp³-hybridized carbons (Fsp3) is 0.222. The summed E-state index contributed by atoms with van der Waals surface area (Å²) in [6, 6.07) is 15.0. The summed E-state index contributed by atoms with van der Waals surface area (Å²) < 4.78 is 51.0. The quantitative estimate of drug-likeness (QED) is 0.402. The van der Waals surface area contributed by atoms with Crippen LogP contribution in [0.4, 0.5) is 29.3 Å². The van der Waals surface area contributed by atoms with Crippen LogP contribution in [-0.4, -0.2) is 54.8 Å². The molecule has 0 saturated carbocycles. The summed E-state index contributed by atoms with van der Waals surface area (Å²) in [5, 5.41) is 2.04. The van der Waals surface area contributed by atoms with Crippen molar-refractivity contribution < 1.29 is 36.7 Å². The monoisotopic (exact) mass is 557 g/mol. The van der Waals surface area contributed by atoms with Crippen LogP contribution in [0.25, 0.3) is 17.4 Å². The Morgan fingerprint density at radius 3 is 2.44 bits per heavy atom. The molecule has 0 radical (unpaired) electrons. The van der Waals surface area contributed by atoms with Crippen molar-refractivity contribution in [2.24, 2.45) is 0 Å². The third-order valence-electron chi connectivity index (χ3n) is 6.10. The van der Waals surface area contributed by atoms with Gasteiger partial charge in [0, 0.05) is 36.1 Å². The van der Waals surface area contributed by atoms with E-state index in [2.05, 4.69) is 10.2 Å². The summed E-state index contributed by atoms with van der Waals surface area (Å²) in [6.07, 6.45) is -3.30. The third kappa shape index (κ3) is 6.02. The van der Waals surface area contributed by atoms with Crippen LogP contribution in [0.1, 0.15) is 11.3 Å². The van der Waals surface area contributed by atoms with Gasteiger partial charge in [-0.25, -0.2) is 0 Å². The predicted octanol–water partition coefficient (Wildman–Crippen LogP) is 5.48. The topological polar surface area (TPSA) is 92.1 Å². The number of hydrogen-bond donors (Lipinski definition) is 1. The highest BCUT2D eigenvalue weighted by Gasteiger charge is 2.37. The number of ether oxygens (including phenoxy) is 1.